The van der Waals surface area contributed by atoms with Crippen LogP contribution >= 0.6 is 11.3 Å². The van der Waals surface area contributed by atoms with Crippen LogP contribution in [-0.2, 0) is 5.41 Å². The molecule has 0 aliphatic carbocycles. The van der Waals surface area contributed by atoms with E-state index in [9.17, 15) is 0 Å². The highest BCUT2D eigenvalue weighted by molar-refractivity contribution is 7.26. The Hall–Kier alpha value is -5.20. The Balaban J connectivity index is 1.36. The van der Waals surface area contributed by atoms with Gasteiger partial charge in [0.05, 0.1) is 21.4 Å². The monoisotopic (exact) mass is 607 g/mol. The molecule has 0 saturated carbocycles. The summed E-state index contributed by atoms with van der Waals surface area (Å²) in [6, 6.07) is 40.1. The van der Waals surface area contributed by atoms with Crippen molar-refractivity contribution in [1.29, 1.82) is 0 Å². The number of rotatable bonds is 5. The van der Waals surface area contributed by atoms with E-state index in [2.05, 4.69) is 26.0 Å². The van der Waals surface area contributed by atoms with Crippen LogP contribution in [0.15, 0.2) is 127 Å². The number of imidazole rings is 1. The van der Waals surface area contributed by atoms with Crippen LogP contribution in [0.3, 0.4) is 0 Å². The van der Waals surface area contributed by atoms with Crippen molar-refractivity contribution < 1.29 is 8.78 Å². The van der Waals surface area contributed by atoms with E-state index in [-0.39, 0.29) is 17.0 Å². The lowest BCUT2D eigenvalue weighted by atomic mass is 9.81. The maximum absolute atomic E-state index is 15.7. The number of benzene rings is 5. The molecule has 0 spiro atoms. The van der Waals surface area contributed by atoms with Crippen LogP contribution in [-0.4, -0.2) is 14.5 Å². The van der Waals surface area contributed by atoms with Crippen molar-refractivity contribution >= 4 is 42.7 Å². The number of aromatic nitrogens is 3. The molecule has 0 amide bonds. The average molecular weight is 608 g/mol. The Morgan fingerprint density at radius 3 is 2.18 bits per heavy atom. The van der Waals surface area contributed by atoms with E-state index in [1.54, 1.807) is 12.1 Å². The smallest absolute Gasteiger partial charge is 0.147 e. The number of pyridine rings is 1. The summed E-state index contributed by atoms with van der Waals surface area (Å²) in [7, 11) is 0. The fourth-order valence-electron chi connectivity index (χ4n) is 6.21. The molecule has 0 atom stereocenters. The Bertz CT molecular complexity index is 2370. The Labute approximate surface area is 263 Å². The van der Waals surface area contributed by atoms with Gasteiger partial charge in [0.1, 0.15) is 22.3 Å². The number of halogens is 2. The van der Waals surface area contributed by atoms with Gasteiger partial charge in [0.25, 0.3) is 0 Å². The van der Waals surface area contributed by atoms with Crippen molar-refractivity contribution in [1.82, 2.24) is 14.5 Å². The zero-order valence-electron chi connectivity index (χ0n) is 24.6. The molecule has 6 heteroatoms. The summed E-state index contributed by atoms with van der Waals surface area (Å²) in [5.41, 5.74) is 6.26. The fraction of sp³-hybridized carbons (Fsp3) is 0.0769. The van der Waals surface area contributed by atoms with Gasteiger partial charge in [0, 0.05) is 33.0 Å². The minimum atomic E-state index is -0.333. The molecule has 5 aromatic carbocycles. The second-order valence-corrected chi connectivity index (χ2v) is 12.7. The van der Waals surface area contributed by atoms with Crippen LogP contribution in [0.1, 0.15) is 25.1 Å². The van der Waals surface area contributed by atoms with E-state index in [4.69, 9.17) is 9.97 Å². The topological polar surface area (TPSA) is 30.7 Å². The van der Waals surface area contributed by atoms with Crippen molar-refractivity contribution in [2.75, 3.05) is 0 Å². The first-order valence-electron chi connectivity index (χ1n) is 14.8. The summed E-state index contributed by atoms with van der Waals surface area (Å²) in [5, 5.41) is 1.31. The number of nitrogens with zero attached hydrogens (tertiary/aromatic N) is 3. The van der Waals surface area contributed by atoms with Crippen molar-refractivity contribution in [3.05, 3.63) is 150 Å². The van der Waals surface area contributed by atoms with Gasteiger partial charge in [-0.1, -0.05) is 86.6 Å². The minimum absolute atomic E-state index is 0.298. The largest absolute Gasteiger partial charge is 0.292 e. The number of hydrogen-bond acceptors (Lipinski definition) is 3. The molecule has 3 aromatic heterocycles. The Morgan fingerprint density at radius 2 is 1.38 bits per heavy atom. The summed E-state index contributed by atoms with van der Waals surface area (Å²) in [5.74, 6) is 0.0563. The summed E-state index contributed by atoms with van der Waals surface area (Å²) >= 11 is 1.47. The molecular weight excluding hydrogens is 581 g/mol. The van der Waals surface area contributed by atoms with Gasteiger partial charge < -0.3 is 0 Å². The maximum Gasteiger partial charge on any atom is 0.147 e. The summed E-state index contributed by atoms with van der Waals surface area (Å²) < 4.78 is 33.6. The van der Waals surface area contributed by atoms with Gasteiger partial charge in [-0.25, -0.2) is 18.7 Å². The lowest BCUT2D eigenvalue weighted by Crippen LogP contribution is -2.20. The van der Waals surface area contributed by atoms with Gasteiger partial charge in [0.15, 0.2) is 0 Å². The van der Waals surface area contributed by atoms with Crippen LogP contribution in [0, 0.1) is 11.6 Å². The number of hydrogen-bond donors (Lipinski definition) is 0. The highest BCUT2D eigenvalue weighted by atomic mass is 32.1. The first-order chi connectivity index (χ1) is 21.9. The molecule has 0 unspecified atom stereocenters. The van der Waals surface area contributed by atoms with E-state index < -0.39 is 0 Å². The van der Waals surface area contributed by atoms with Gasteiger partial charge in [-0.3, -0.25) is 4.57 Å². The van der Waals surface area contributed by atoms with Crippen LogP contribution in [0.5, 0.6) is 0 Å². The molecule has 218 valence electrons. The SMILES string of the molecule is CC(C)(c1ccccc1)c1ccc2c(n1)sc1c(-c3nc4ccccc4n3-c3ccc(F)c(-c4ccccc4)c3)ccc(F)c12. The first kappa shape index (κ1) is 27.4. The standard InChI is InChI=1S/C39H27F2N3S/c1-39(2,25-13-7-4-8-14-25)34-22-19-27-35-31(41)21-18-28(36(35)45-38(27)43-34)37-42-32-15-9-10-16-33(32)44(37)26-17-20-30(40)29(23-26)24-11-5-3-6-12-24/h3-23H,1-2H3. The fourth-order valence-corrected chi connectivity index (χ4v) is 7.40. The van der Waals surface area contributed by atoms with E-state index in [0.717, 1.165) is 54.0 Å². The molecular formula is C39H27F2N3S. The van der Waals surface area contributed by atoms with Crippen LogP contribution in [0.2, 0.25) is 0 Å². The lowest BCUT2D eigenvalue weighted by Gasteiger charge is -2.24. The van der Waals surface area contributed by atoms with E-state index in [0.29, 0.717) is 16.8 Å². The van der Waals surface area contributed by atoms with Crippen LogP contribution in [0.4, 0.5) is 8.78 Å². The average Bonchev–Trinajstić information content (AvgIpc) is 3.65. The summed E-state index contributed by atoms with van der Waals surface area (Å²) in [4.78, 5) is 10.9. The molecule has 0 N–H and O–H groups in total. The van der Waals surface area contributed by atoms with Crippen molar-refractivity contribution in [3.63, 3.8) is 0 Å². The van der Waals surface area contributed by atoms with Gasteiger partial charge >= 0.3 is 0 Å². The number of para-hydroxylation sites is 2. The quantitative estimate of drug-likeness (QED) is 0.195. The Morgan fingerprint density at radius 1 is 0.667 bits per heavy atom. The van der Waals surface area contributed by atoms with Crippen LogP contribution < -0.4 is 0 Å². The maximum atomic E-state index is 15.7. The van der Waals surface area contributed by atoms with Crippen molar-refractivity contribution in [2.24, 2.45) is 0 Å². The molecule has 8 rings (SSSR count). The normalized spacial score (nSPS) is 12.0. The third-order valence-corrected chi connectivity index (χ3v) is 9.80. The third kappa shape index (κ3) is 4.44. The third-order valence-electron chi connectivity index (χ3n) is 8.67. The highest BCUT2D eigenvalue weighted by Gasteiger charge is 2.27. The summed E-state index contributed by atoms with van der Waals surface area (Å²) in [6.07, 6.45) is 0. The van der Waals surface area contributed by atoms with Gasteiger partial charge in [-0.05, 0) is 65.7 Å². The second-order valence-electron chi connectivity index (χ2n) is 11.7. The molecule has 0 fully saturated rings. The molecule has 0 aliphatic heterocycles. The summed E-state index contributed by atoms with van der Waals surface area (Å²) in [6.45, 7) is 4.31. The molecule has 0 aliphatic rings. The molecule has 3 nitrogen and oxygen atoms in total. The highest BCUT2D eigenvalue weighted by Crippen LogP contribution is 2.43. The van der Waals surface area contributed by atoms with Crippen LogP contribution in [0.25, 0.3) is 59.5 Å². The number of fused-ring (bicyclic) bond motifs is 4. The molecule has 0 radical (unpaired) electrons. The number of thiophene rings is 1. The molecule has 3 heterocycles. The first-order valence-corrected chi connectivity index (χ1v) is 15.6. The molecule has 45 heavy (non-hydrogen) atoms. The van der Waals surface area contributed by atoms with E-state index in [1.807, 2.05) is 95.6 Å². The van der Waals surface area contributed by atoms with E-state index in [1.165, 1.54) is 23.5 Å². The second kappa shape index (κ2) is 10.5. The van der Waals surface area contributed by atoms with Gasteiger partial charge in [-0.2, -0.15) is 0 Å². The zero-order chi connectivity index (χ0) is 30.7. The predicted molar refractivity (Wildman–Crippen MR) is 181 cm³/mol. The lowest BCUT2D eigenvalue weighted by molar-refractivity contribution is 0.620. The molecule has 0 bridgehead atoms. The van der Waals surface area contributed by atoms with Crippen molar-refractivity contribution in [3.8, 4) is 28.2 Å². The zero-order valence-corrected chi connectivity index (χ0v) is 25.4. The van der Waals surface area contributed by atoms with Gasteiger partial charge in [0.2, 0.25) is 0 Å². The Kier molecular flexibility index (Phi) is 6.36. The predicted octanol–water partition coefficient (Wildman–Crippen LogP) is 10.7. The van der Waals surface area contributed by atoms with Gasteiger partial charge in [-0.15, -0.1) is 11.3 Å². The van der Waals surface area contributed by atoms with E-state index >= 15 is 8.78 Å². The molecule has 8 aromatic rings. The minimum Gasteiger partial charge on any atom is -0.292 e. The van der Waals surface area contributed by atoms with Crippen molar-refractivity contribution in [2.45, 2.75) is 19.3 Å². The molecule has 0 saturated heterocycles.